The number of hydrogen-bond donors (Lipinski definition) is 2. The summed E-state index contributed by atoms with van der Waals surface area (Å²) in [4.78, 5) is 16.2. The van der Waals surface area contributed by atoms with Gasteiger partial charge < -0.3 is 15.8 Å². The minimum Gasteiger partial charge on any atom is -0.490 e. The number of carbonyl (C=O) groups excluding carboxylic acids is 1. The van der Waals surface area contributed by atoms with E-state index < -0.39 is 21.0 Å². The Morgan fingerprint density at radius 1 is 1.36 bits per heavy atom. The first-order valence-electron chi connectivity index (χ1n) is 11.5. The Balaban J connectivity index is 1.65. The number of sulfone groups is 1. The molecule has 2 aromatic rings. The molecule has 1 aliphatic heterocycles. The van der Waals surface area contributed by atoms with Crippen LogP contribution in [0.15, 0.2) is 48.0 Å². The molecule has 0 saturated carbocycles. The van der Waals surface area contributed by atoms with Crippen LogP contribution in [0, 0.1) is 0 Å². The Hall–Kier alpha value is -2.87. The van der Waals surface area contributed by atoms with E-state index in [1.807, 2.05) is 13.0 Å². The van der Waals surface area contributed by atoms with Crippen molar-refractivity contribution >= 4 is 21.4 Å². The molecule has 7 nitrogen and oxygen atoms in total. The van der Waals surface area contributed by atoms with Gasteiger partial charge in [-0.3, -0.25) is 4.79 Å². The van der Waals surface area contributed by atoms with Gasteiger partial charge in [0.2, 0.25) is 5.91 Å². The SMILES string of the molecule is C=CCC[C@@H](CC)S(=O)(=O)c1ccc2c(n1)CCCC21CNc2cc(C(N)=O)ccc2OC1. The molecule has 3 N–H and O–H groups in total. The van der Waals surface area contributed by atoms with Crippen molar-refractivity contribution in [3.63, 3.8) is 0 Å². The van der Waals surface area contributed by atoms with E-state index in [-0.39, 0.29) is 10.4 Å². The average Bonchev–Trinajstić information content (AvgIpc) is 2.99. The molecule has 1 unspecified atom stereocenters. The minimum absolute atomic E-state index is 0.158. The highest BCUT2D eigenvalue weighted by atomic mass is 32.2. The number of aromatic nitrogens is 1. The molecular weight excluding hydrogens is 438 g/mol. The van der Waals surface area contributed by atoms with Crippen LogP contribution in [0.3, 0.4) is 0 Å². The van der Waals surface area contributed by atoms with Gasteiger partial charge in [-0.25, -0.2) is 13.4 Å². The van der Waals surface area contributed by atoms with Gasteiger partial charge in [0.1, 0.15) is 5.75 Å². The summed E-state index contributed by atoms with van der Waals surface area (Å²) in [5, 5.41) is 3.12. The first kappa shape index (κ1) is 23.3. The molecule has 33 heavy (non-hydrogen) atoms. The lowest BCUT2D eigenvalue weighted by atomic mass is 9.72. The minimum atomic E-state index is -3.51. The maximum atomic E-state index is 13.2. The Morgan fingerprint density at radius 2 is 2.18 bits per heavy atom. The van der Waals surface area contributed by atoms with Gasteiger partial charge in [0.25, 0.3) is 0 Å². The third kappa shape index (κ3) is 4.36. The summed E-state index contributed by atoms with van der Waals surface area (Å²) >= 11 is 0. The van der Waals surface area contributed by atoms with Crippen molar-refractivity contribution in [3.05, 3.63) is 59.8 Å². The number of carbonyl (C=O) groups is 1. The van der Waals surface area contributed by atoms with Crippen LogP contribution in [-0.2, 0) is 21.7 Å². The molecule has 1 aliphatic carbocycles. The van der Waals surface area contributed by atoms with Crippen LogP contribution in [0.25, 0.3) is 0 Å². The summed E-state index contributed by atoms with van der Waals surface area (Å²) in [6, 6.07) is 8.70. The highest BCUT2D eigenvalue weighted by molar-refractivity contribution is 7.92. The van der Waals surface area contributed by atoms with Crippen molar-refractivity contribution in [1.29, 1.82) is 0 Å². The van der Waals surface area contributed by atoms with E-state index in [1.54, 1.807) is 30.3 Å². The number of hydrogen-bond acceptors (Lipinski definition) is 6. The van der Waals surface area contributed by atoms with E-state index in [2.05, 4.69) is 16.9 Å². The molecule has 0 saturated heterocycles. The zero-order chi connectivity index (χ0) is 23.6. The molecule has 1 spiro atoms. The van der Waals surface area contributed by atoms with Crippen molar-refractivity contribution in [1.82, 2.24) is 4.98 Å². The largest absolute Gasteiger partial charge is 0.490 e. The fourth-order valence-corrected chi connectivity index (χ4v) is 6.63. The summed E-state index contributed by atoms with van der Waals surface area (Å²) in [6.45, 7) is 6.65. The fourth-order valence-electron chi connectivity index (χ4n) is 4.91. The van der Waals surface area contributed by atoms with Crippen LogP contribution >= 0.6 is 0 Å². The molecule has 1 amide bonds. The highest BCUT2D eigenvalue weighted by Gasteiger charge is 2.41. The zero-order valence-corrected chi connectivity index (χ0v) is 19.8. The number of aryl methyl sites for hydroxylation is 1. The van der Waals surface area contributed by atoms with Gasteiger partial charge >= 0.3 is 0 Å². The molecule has 0 fully saturated rings. The van der Waals surface area contributed by atoms with E-state index in [9.17, 15) is 13.2 Å². The Labute approximate surface area is 195 Å². The van der Waals surface area contributed by atoms with Crippen LogP contribution in [-0.4, -0.2) is 37.7 Å². The predicted octanol–water partition coefficient (Wildman–Crippen LogP) is 3.78. The number of fused-ring (bicyclic) bond motifs is 3. The summed E-state index contributed by atoms with van der Waals surface area (Å²) in [5.74, 6) is 0.183. The first-order valence-corrected chi connectivity index (χ1v) is 13.0. The molecule has 2 heterocycles. The Bertz CT molecular complexity index is 1180. The monoisotopic (exact) mass is 469 g/mol. The highest BCUT2D eigenvalue weighted by Crippen LogP contribution is 2.41. The van der Waals surface area contributed by atoms with E-state index in [4.69, 9.17) is 10.5 Å². The quantitative estimate of drug-likeness (QED) is 0.597. The lowest BCUT2D eigenvalue weighted by molar-refractivity contribution is 0.1000. The number of nitrogens with one attached hydrogen (secondary N) is 1. The van der Waals surface area contributed by atoms with Gasteiger partial charge in [0.05, 0.1) is 17.5 Å². The van der Waals surface area contributed by atoms with Gasteiger partial charge in [-0.15, -0.1) is 6.58 Å². The lowest BCUT2D eigenvalue weighted by Gasteiger charge is -2.37. The van der Waals surface area contributed by atoms with Crippen molar-refractivity contribution in [3.8, 4) is 5.75 Å². The van der Waals surface area contributed by atoms with Crippen molar-refractivity contribution in [2.75, 3.05) is 18.5 Å². The topological polar surface area (TPSA) is 111 Å². The van der Waals surface area contributed by atoms with Crippen molar-refractivity contribution in [2.45, 2.75) is 61.1 Å². The average molecular weight is 470 g/mol. The molecule has 1 aromatic heterocycles. The van der Waals surface area contributed by atoms with Crippen LogP contribution in [0.5, 0.6) is 5.75 Å². The molecule has 8 heteroatoms. The number of ether oxygens (including phenoxy) is 1. The van der Waals surface area contributed by atoms with Gasteiger partial charge in [-0.05, 0) is 68.4 Å². The van der Waals surface area contributed by atoms with Gasteiger partial charge in [-0.1, -0.05) is 19.1 Å². The van der Waals surface area contributed by atoms with Crippen LogP contribution in [0.1, 0.15) is 60.6 Å². The fraction of sp³-hybridized carbons (Fsp3) is 0.440. The summed E-state index contributed by atoms with van der Waals surface area (Å²) in [5.41, 5.74) is 8.10. The number of pyridine rings is 1. The number of amides is 1. The third-order valence-electron chi connectivity index (χ3n) is 6.85. The number of allylic oxidation sites excluding steroid dienone is 1. The van der Waals surface area contributed by atoms with E-state index in [1.165, 1.54) is 0 Å². The maximum Gasteiger partial charge on any atom is 0.248 e. The molecule has 4 rings (SSSR count). The normalized spacial score (nSPS) is 20.5. The van der Waals surface area contributed by atoms with Crippen molar-refractivity contribution in [2.24, 2.45) is 5.73 Å². The van der Waals surface area contributed by atoms with Gasteiger partial charge in [0, 0.05) is 23.2 Å². The lowest BCUT2D eigenvalue weighted by Crippen LogP contribution is -2.42. The van der Waals surface area contributed by atoms with Crippen LogP contribution in [0.2, 0.25) is 0 Å². The van der Waals surface area contributed by atoms with Crippen molar-refractivity contribution < 1.29 is 17.9 Å². The standard InChI is InChI=1S/C25H31N3O4S/c1-3-5-7-18(4-2)33(30,31)23-12-10-19-20(28-23)8-6-13-25(19)15-27-21-14-17(24(26)29)9-11-22(21)32-16-25/h3,9-12,14,18,27H,1,4-8,13,15-16H2,2H3,(H2,26,29)/t18-,25?/m1/s1. The predicted molar refractivity (Wildman–Crippen MR) is 128 cm³/mol. The number of rotatable bonds is 7. The second-order valence-electron chi connectivity index (χ2n) is 8.94. The zero-order valence-electron chi connectivity index (χ0n) is 19.0. The van der Waals surface area contributed by atoms with E-state index in [0.29, 0.717) is 43.7 Å². The number of nitrogens with zero attached hydrogens (tertiary/aromatic N) is 1. The third-order valence-corrected chi connectivity index (χ3v) is 9.11. The number of benzene rings is 1. The first-order chi connectivity index (χ1) is 15.8. The van der Waals surface area contributed by atoms with Gasteiger partial charge in [0.15, 0.2) is 14.9 Å². The molecule has 1 aromatic carbocycles. The molecular formula is C25H31N3O4S. The molecule has 2 aliphatic rings. The maximum absolute atomic E-state index is 13.2. The molecule has 176 valence electrons. The Morgan fingerprint density at radius 3 is 2.91 bits per heavy atom. The smallest absolute Gasteiger partial charge is 0.248 e. The van der Waals surface area contributed by atoms with Crippen LogP contribution < -0.4 is 15.8 Å². The number of primary amides is 1. The van der Waals surface area contributed by atoms with E-state index >= 15 is 0 Å². The molecule has 0 bridgehead atoms. The van der Waals surface area contributed by atoms with Gasteiger partial charge in [-0.2, -0.15) is 0 Å². The van der Waals surface area contributed by atoms with E-state index in [0.717, 1.165) is 36.2 Å². The second kappa shape index (κ2) is 9.17. The second-order valence-corrected chi connectivity index (χ2v) is 11.1. The molecule has 0 radical (unpaired) electrons. The summed E-state index contributed by atoms with van der Waals surface area (Å²) < 4.78 is 32.6. The number of anilines is 1. The number of nitrogens with two attached hydrogens (primary N) is 1. The molecule has 2 atom stereocenters. The Kier molecular flexibility index (Phi) is 6.47. The summed E-state index contributed by atoms with van der Waals surface area (Å²) in [7, 11) is -3.51. The summed E-state index contributed by atoms with van der Waals surface area (Å²) in [6.07, 6.45) is 6.04. The van der Waals surface area contributed by atoms with Crippen LogP contribution in [0.4, 0.5) is 5.69 Å².